The van der Waals surface area contributed by atoms with Crippen LogP contribution in [0.1, 0.15) is 23.4 Å². The van der Waals surface area contributed by atoms with Gasteiger partial charge in [0.1, 0.15) is 6.61 Å². The summed E-state index contributed by atoms with van der Waals surface area (Å²) >= 11 is 1.54. The van der Waals surface area contributed by atoms with Crippen LogP contribution in [-0.2, 0) is 4.74 Å². The maximum atomic E-state index is 12.7. The zero-order valence-corrected chi connectivity index (χ0v) is 11.6. The SMILES string of the molecule is CCNC(COCC(F)(F)C(F)F)c1csc(C)c1. The first kappa shape index (κ1) is 16.4. The quantitative estimate of drug-likeness (QED) is 0.740. The minimum absolute atomic E-state index is 0.0632. The highest BCUT2D eigenvalue weighted by Gasteiger charge is 2.41. The van der Waals surface area contributed by atoms with Crippen molar-refractivity contribution in [2.75, 3.05) is 19.8 Å². The Hall–Kier alpha value is -0.660. The maximum Gasteiger partial charge on any atom is 0.330 e. The molecular formula is C12H17F4NOS. The van der Waals surface area contributed by atoms with Crippen molar-refractivity contribution in [2.24, 2.45) is 0 Å². The van der Waals surface area contributed by atoms with E-state index >= 15 is 0 Å². The lowest BCUT2D eigenvalue weighted by molar-refractivity contribution is -0.167. The topological polar surface area (TPSA) is 21.3 Å². The van der Waals surface area contributed by atoms with Crippen LogP contribution in [0.2, 0.25) is 0 Å². The lowest BCUT2D eigenvalue weighted by Crippen LogP contribution is -2.34. The zero-order chi connectivity index (χ0) is 14.5. The maximum absolute atomic E-state index is 12.7. The molecule has 1 aromatic rings. The average Bonchev–Trinajstić information content (AvgIpc) is 2.74. The molecule has 0 saturated heterocycles. The van der Waals surface area contributed by atoms with E-state index in [-0.39, 0.29) is 12.6 Å². The molecule has 1 N–H and O–H groups in total. The van der Waals surface area contributed by atoms with Gasteiger partial charge < -0.3 is 10.1 Å². The number of aryl methyl sites for hydroxylation is 1. The average molecular weight is 299 g/mol. The number of rotatable bonds is 8. The second kappa shape index (κ2) is 7.21. The van der Waals surface area contributed by atoms with Crippen molar-refractivity contribution in [1.29, 1.82) is 0 Å². The van der Waals surface area contributed by atoms with E-state index in [0.717, 1.165) is 10.4 Å². The first-order valence-electron chi connectivity index (χ1n) is 5.89. The van der Waals surface area contributed by atoms with E-state index in [1.54, 1.807) is 0 Å². The second-order valence-electron chi connectivity index (χ2n) is 4.18. The molecule has 0 bridgehead atoms. The van der Waals surface area contributed by atoms with E-state index in [2.05, 4.69) is 5.32 Å². The predicted octanol–water partition coefficient (Wildman–Crippen LogP) is 3.62. The Morgan fingerprint density at radius 3 is 2.58 bits per heavy atom. The highest BCUT2D eigenvalue weighted by Crippen LogP contribution is 2.25. The Labute approximate surface area is 113 Å². The third kappa shape index (κ3) is 5.08. The van der Waals surface area contributed by atoms with Crippen LogP contribution in [0.3, 0.4) is 0 Å². The van der Waals surface area contributed by atoms with Crippen molar-refractivity contribution in [1.82, 2.24) is 5.32 Å². The Kier molecular flexibility index (Phi) is 6.22. The number of halogens is 4. The third-order valence-corrected chi connectivity index (χ3v) is 3.38. The zero-order valence-electron chi connectivity index (χ0n) is 10.8. The Balaban J connectivity index is 2.51. The van der Waals surface area contributed by atoms with Gasteiger partial charge in [-0.2, -0.15) is 8.78 Å². The van der Waals surface area contributed by atoms with Gasteiger partial charge in [-0.15, -0.1) is 11.3 Å². The summed E-state index contributed by atoms with van der Waals surface area (Å²) in [6, 6.07) is 1.66. The summed E-state index contributed by atoms with van der Waals surface area (Å²) in [7, 11) is 0. The smallest absolute Gasteiger partial charge is 0.330 e. The first-order valence-corrected chi connectivity index (χ1v) is 6.77. The van der Waals surface area contributed by atoms with Gasteiger partial charge in [0.2, 0.25) is 0 Å². The van der Waals surface area contributed by atoms with E-state index in [0.29, 0.717) is 6.54 Å². The van der Waals surface area contributed by atoms with Gasteiger partial charge in [0.15, 0.2) is 0 Å². The number of likely N-dealkylation sites (N-methyl/N-ethyl adjacent to an activating group) is 1. The molecule has 1 atom stereocenters. The van der Waals surface area contributed by atoms with Gasteiger partial charge in [0.05, 0.1) is 12.6 Å². The van der Waals surface area contributed by atoms with E-state index in [1.807, 2.05) is 25.3 Å². The lowest BCUT2D eigenvalue weighted by atomic mass is 10.1. The van der Waals surface area contributed by atoms with Gasteiger partial charge in [-0.25, -0.2) is 8.78 Å². The van der Waals surface area contributed by atoms with Crippen LogP contribution in [0.25, 0.3) is 0 Å². The second-order valence-corrected chi connectivity index (χ2v) is 5.29. The van der Waals surface area contributed by atoms with Crippen molar-refractivity contribution in [3.63, 3.8) is 0 Å². The predicted molar refractivity (Wildman–Crippen MR) is 67.2 cm³/mol. The number of alkyl halides is 4. The molecule has 0 amide bonds. The van der Waals surface area contributed by atoms with Crippen molar-refractivity contribution < 1.29 is 22.3 Å². The number of hydrogen-bond acceptors (Lipinski definition) is 3. The van der Waals surface area contributed by atoms with Crippen LogP contribution in [-0.4, -0.2) is 32.1 Å². The van der Waals surface area contributed by atoms with Gasteiger partial charge in [-0.1, -0.05) is 6.92 Å². The number of hydrogen-bond donors (Lipinski definition) is 1. The van der Waals surface area contributed by atoms with Crippen molar-refractivity contribution in [3.05, 3.63) is 21.9 Å². The summed E-state index contributed by atoms with van der Waals surface area (Å²) in [5.41, 5.74) is 0.921. The molecule has 1 heterocycles. The van der Waals surface area contributed by atoms with Gasteiger partial charge in [0.25, 0.3) is 0 Å². The molecular weight excluding hydrogens is 282 g/mol. The summed E-state index contributed by atoms with van der Waals surface area (Å²) < 4.78 is 54.1. The van der Waals surface area contributed by atoms with Crippen LogP contribution < -0.4 is 5.32 Å². The molecule has 2 nitrogen and oxygen atoms in total. The van der Waals surface area contributed by atoms with E-state index in [9.17, 15) is 17.6 Å². The molecule has 1 unspecified atom stereocenters. The number of ether oxygens (including phenoxy) is 1. The summed E-state index contributed by atoms with van der Waals surface area (Å²) in [5.74, 6) is -4.10. The molecule has 0 aliphatic carbocycles. The monoisotopic (exact) mass is 299 g/mol. The van der Waals surface area contributed by atoms with Crippen molar-refractivity contribution >= 4 is 11.3 Å². The van der Waals surface area contributed by atoms with Crippen molar-refractivity contribution in [2.45, 2.75) is 32.2 Å². The fraction of sp³-hybridized carbons (Fsp3) is 0.667. The standard InChI is InChI=1S/C12H17F4NOS/c1-3-17-10(9-4-8(2)19-6-9)5-18-7-12(15,16)11(13)14/h4,6,10-11,17H,3,5,7H2,1-2H3. The molecule has 19 heavy (non-hydrogen) atoms. The van der Waals surface area contributed by atoms with Gasteiger partial charge in [-0.3, -0.25) is 0 Å². The number of nitrogens with one attached hydrogen (secondary N) is 1. The molecule has 110 valence electrons. The molecule has 0 fully saturated rings. The molecule has 0 radical (unpaired) electrons. The molecule has 0 saturated carbocycles. The van der Waals surface area contributed by atoms with E-state index < -0.39 is 19.0 Å². The fourth-order valence-corrected chi connectivity index (χ4v) is 2.30. The lowest BCUT2D eigenvalue weighted by Gasteiger charge is -2.20. The van der Waals surface area contributed by atoms with Crippen LogP contribution in [0.4, 0.5) is 17.6 Å². The van der Waals surface area contributed by atoms with Crippen LogP contribution in [0, 0.1) is 6.92 Å². The Morgan fingerprint density at radius 2 is 2.11 bits per heavy atom. The van der Waals surface area contributed by atoms with Crippen LogP contribution in [0.15, 0.2) is 11.4 Å². The molecule has 0 spiro atoms. The van der Waals surface area contributed by atoms with Crippen molar-refractivity contribution in [3.8, 4) is 0 Å². The Morgan fingerprint density at radius 1 is 1.42 bits per heavy atom. The highest BCUT2D eigenvalue weighted by molar-refractivity contribution is 7.10. The molecule has 0 aliphatic heterocycles. The molecule has 0 aromatic carbocycles. The summed E-state index contributed by atoms with van der Waals surface area (Å²) in [5, 5.41) is 4.98. The van der Waals surface area contributed by atoms with Gasteiger partial charge in [0, 0.05) is 4.88 Å². The minimum atomic E-state index is -4.10. The minimum Gasteiger partial charge on any atom is -0.373 e. The van der Waals surface area contributed by atoms with Crippen LogP contribution >= 0.6 is 11.3 Å². The molecule has 1 rings (SSSR count). The van der Waals surface area contributed by atoms with Gasteiger partial charge in [-0.05, 0) is 30.5 Å². The third-order valence-electron chi connectivity index (χ3n) is 2.50. The summed E-state index contributed by atoms with van der Waals surface area (Å²) in [6.45, 7) is 3.11. The summed E-state index contributed by atoms with van der Waals surface area (Å²) in [4.78, 5) is 1.09. The Bertz CT molecular complexity index is 384. The molecule has 1 aromatic heterocycles. The normalized spacial score (nSPS) is 14.1. The van der Waals surface area contributed by atoms with E-state index in [1.165, 1.54) is 11.3 Å². The van der Waals surface area contributed by atoms with Gasteiger partial charge >= 0.3 is 12.3 Å². The highest BCUT2D eigenvalue weighted by atomic mass is 32.1. The molecule has 0 aliphatic rings. The van der Waals surface area contributed by atoms with Crippen LogP contribution in [0.5, 0.6) is 0 Å². The summed E-state index contributed by atoms with van der Waals surface area (Å²) in [6.07, 6.45) is -3.70. The largest absolute Gasteiger partial charge is 0.373 e. The first-order chi connectivity index (χ1) is 8.86. The van der Waals surface area contributed by atoms with E-state index in [4.69, 9.17) is 4.74 Å². The fourth-order valence-electron chi connectivity index (χ4n) is 1.54. The molecule has 7 heteroatoms. The number of thiophene rings is 1.